The van der Waals surface area contributed by atoms with Crippen molar-refractivity contribution in [1.82, 2.24) is 14.5 Å². The van der Waals surface area contributed by atoms with E-state index in [1.165, 1.54) is 7.11 Å². The molecule has 0 aliphatic rings. The number of aromatic amines is 1. The highest BCUT2D eigenvalue weighted by atomic mass is 16.5. The molecule has 1 aromatic heterocycles. The number of Topliss-reactive ketones (excluding diaryl/α,β-unsaturated/α-hetero) is 1. The zero-order valence-corrected chi connectivity index (χ0v) is 18.0. The van der Waals surface area contributed by atoms with Gasteiger partial charge in [-0.05, 0) is 32.0 Å². The van der Waals surface area contributed by atoms with Crippen LogP contribution in [-0.4, -0.2) is 59.0 Å². The van der Waals surface area contributed by atoms with Crippen molar-refractivity contribution in [1.29, 1.82) is 0 Å². The molecular formula is C21H29N5O5. The van der Waals surface area contributed by atoms with Crippen LogP contribution in [0.4, 0.5) is 11.5 Å². The molecule has 168 valence electrons. The summed E-state index contributed by atoms with van der Waals surface area (Å²) in [6, 6.07) is 8.36. The SMILES string of the molecule is CCCN(CC(=O)c1c(N)n(CCOC)c(=O)[nH]c1=O)C(C)C(=O)Nc1ccccc1. The van der Waals surface area contributed by atoms with E-state index in [9.17, 15) is 19.2 Å². The first-order valence-electron chi connectivity index (χ1n) is 10.0. The Kier molecular flexibility index (Phi) is 8.71. The van der Waals surface area contributed by atoms with Crippen LogP contribution in [0.2, 0.25) is 0 Å². The third-order valence-corrected chi connectivity index (χ3v) is 4.86. The molecule has 1 aromatic carbocycles. The molecule has 31 heavy (non-hydrogen) atoms. The number of carbonyl (C=O) groups excluding carboxylic acids is 2. The van der Waals surface area contributed by atoms with E-state index < -0.39 is 23.1 Å². The molecule has 0 bridgehead atoms. The van der Waals surface area contributed by atoms with E-state index in [1.54, 1.807) is 36.1 Å². The number of hydrogen-bond donors (Lipinski definition) is 3. The van der Waals surface area contributed by atoms with Gasteiger partial charge >= 0.3 is 5.69 Å². The van der Waals surface area contributed by atoms with Crippen LogP contribution < -0.4 is 22.3 Å². The maximum atomic E-state index is 13.0. The molecule has 0 spiro atoms. The standard InChI is InChI=1S/C21H29N5O5/c1-4-10-25(14(2)19(28)23-15-8-6-5-7-9-15)13-16(27)17-18(22)26(11-12-31-3)21(30)24-20(17)29/h5-9,14H,4,10-13,22H2,1-3H3,(H,23,28)(H,24,29,30). The number of aromatic nitrogens is 2. The predicted molar refractivity (Wildman–Crippen MR) is 118 cm³/mol. The minimum atomic E-state index is -0.848. The van der Waals surface area contributed by atoms with E-state index in [-0.39, 0.29) is 37.0 Å². The molecule has 0 saturated carbocycles. The summed E-state index contributed by atoms with van der Waals surface area (Å²) in [5, 5.41) is 2.81. The number of nitrogen functional groups attached to an aromatic ring is 1. The molecule has 1 atom stereocenters. The van der Waals surface area contributed by atoms with Crippen molar-refractivity contribution in [3.8, 4) is 0 Å². The minimum Gasteiger partial charge on any atom is -0.384 e. The number of hydrogen-bond acceptors (Lipinski definition) is 7. The largest absolute Gasteiger partial charge is 0.384 e. The Balaban J connectivity index is 2.24. The Bertz CT molecular complexity index is 1020. The molecule has 0 fully saturated rings. The third kappa shape index (κ3) is 6.12. The summed E-state index contributed by atoms with van der Waals surface area (Å²) >= 11 is 0. The average Bonchev–Trinajstić information content (AvgIpc) is 2.73. The van der Waals surface area contributed by atoms with Gasteiger partial charge in [0.2, 0.25) is 5.91 Å². The highest BCUT2D eigenvalue weighted by Crippen LogP contribution is 2.11. The van der Waals surface area contributed by atoms with Gasteiger partial charge in [0.05, 0.1) is 25.7 Å². The van der Waals surface area contributed by atoms with E-state index >= 15 is 0 Å². The monoisotopic (exact) mass is 431 g/mol. The maximum Gasteiger partial charge on any atom is 0.330 e. The van der Waals surface area contributed by atoms with E-state index in [0.29, 0.717) is 18.7 Å². The lowest BCUT2D eigenvalue weighted by atomic mass is 10.1. The Morgan fingerprint density at radius 2 is 1.94 bits per heavy atom. The fraction of sp³-hybridized carbons (Fsp3) is 0.429. The summed E-state index contributed by atoms with van der Waals surface area (Å²) in [5.41, 5.74) is 4.77. The zero-order valence-electron chi connectivity index (χ0n) is 18.0. The maximum absolute atomic E-state index is 13.0. The molecular weight excluding hydrogens is 402 g/mol. The quantitative estimate of drug-likeness (QED) is 0.445. The number of H-pyrrole nitrogens is 1. The van der Waals surface area contributed by atoms with Gasteiger partial charge in [0.15, 0.2) is 5.78 Å². The fourth-order valence-electron chi connectivity index (χ4n) is 3.16. The smallest absolute Gasteiger partial charge is 0.330 e. The number of para-hydroxylation sites is 1. The van der Waals surface area contributed by atoms with Crippen molar-refractivity contribution in [2.75, 3.05) is 37.9 Å². The van der Waals surface area contributed by atoms with Crippen molar-refractivity contribution < 1.29 is 14.3 Å². The van der Waals surface area contributed by atoms with Crippen LogP contribution in [0.15, 0.2) is 39.9 Å². The lowest BCUT2D eigenvalue weighted by Gasteiger charge is -2.27. The Labute approximate surface area is 180 Å². The summed E-state index contributed by atoms with van der Waals surface area (Å²) < 4.78 is 6.04. The third-order valence-electron chi connectivity index (χ3n) is 4.86. The van der Waals surface area contributed by atoms with Crippen molar-refractivity contribution in [2.45, 2.75) is 32.9 Å². The zero-order chi connectivity index (χ0) is 23.0. The molecule has 0 aliphatic heterocycles. The number of anilines is 2. The Morgan fingerprint density at radius 3 is 2.55 bits per heavy atom. The van der Waals surface area contributed by atoms with Gasteiger partial charge in [0, 0.05) is 12.8 Å². The van der Waals surface area contributed by atoms with Crippen molar-refractivity contribution in [3.05, 3.63) is 56.7 Å². The van der Waals surface area contributed by atoms with Crippen LogP contribution in [0.25, 0.3) is 0 Å². The Morgan fingerprint density at radius 1 is 1.26 bits per heavy atom. The lowest BCUT2D eigenvalue weighted by molar-refractivity contribution is -0.120. The van der Waals surface area contributed by atoms with Gasteiger partial charge in [-0.25, -0.2) is 4.79 Å². The number of ketones is 1. The molecule has 2 rings (SSSR count). The molecule has 0 saturated heterocycles. The van der Waals surface area contributed by atoms with Crippen molar-refractivity contribution >= 4 is 23.2 Å². The molecule has 1 unspecified atom stereocenters. The van der Waals surface area contributed by atoms with Crippen molar-refractivity contribution in [3.63, 3.8) is 0 Å². The molecule has 0 radical (unpaired) electrons. The molecule has 10 nitrogen and oxygen atoms in total. The number of amides is 1. The predicted octanol–water partition coefficient (Wildman–Crippen LogP) is 0.687. The number of carbonyl (C=O) groups is 2. The Hall–Kier alpha value is -3.24. The molecule has 10 heteroatoms. The molecule has 0 aliphatic carbocycles. The number of nitrogens with zero attached hydrogens (tertiary/aromatic N) is 2. The highest BCUT2D eigenvalue weighted by Gasteiger charge is 2.26. The summed E-state index contributed by atoms with van der Waals surface area (Å²) in [7, 11) is 1.46. The fourth-order valence-corrected chi connectivity index (χ4v) is 3.16. The summed E-state index contributed by atoms with van der Waals surface area (Å²) in [4.78, 5) is 53.8. The number of methoxy groups -OCH3 is 1. The second-order valence-electron chi connectivity index (χ2n) is 7.09. The number of nitrogens with two attached hydrogens (primary N) is 1. The van der Waals surface area contributed by atoms with Crippen molar-refractivity contribution in [2.24, 2.45) is 0 Å². The van der Waals surface area contributed by atoms with E-state index in [0.717, 1.165) is 4.57 Å². The van der Waals surface area contributed by atoms with E-state index in [4.69, 9.17) is 10.5 Å². The van der Waals surface area contributed by atoms with Gasteiger partial charge in [-0.15, -0.1) is 0 Å². The van der Waals surface area contributed by atoms with Gasteiger partial charge in [0.1, 0.15) is 11.4 Å². The molecule has 1 amide bonds. The lowest BCUT2D eigenvalue weighted by Crippen LogP contribution is -2.46. The van der Waals surface area contributed by atoms with Crippen LogP contribution >= 0.6 is 0 Å². The number of ether oxygens (including phenoxy) is 1. The highest BCUT2D eigenvalue weighted by molar-refractivity contribution is 6.01. The molecule has 4 N–H and O–H groups in total. The summed E-state index contributed by atoms with van der Waals surface area (Å²) in [6.45, 7) is 4.14. The van der Waals surface area contributed by atoms with Gasteiger partial charge in [-0.2, -0.15) is 0 Å². The molecule has 2 aromatic rings. The first kappa shape index (κ1) is 24.0. The van der Waals surface area contributed by atoms with Crippen LogP contribution in [-0.2, 0) is 16.1 Å². The average molecular weight is 431 g/mol. The second-order valence-corrected chi connectivity index (χ2v) is 7.09. The van der Waals surface area contributed by atoms with E-state index in [1.807, 2.05) is 13.0 Å². The van der Waals surface area contributed by atoms with E-state index in [2.05, 4.69) is 10.3 Å². The van der Waals surface area contributed by atoms with Gasteiger partial charge in [-0.3, -0.25) is 28.8 Å². The van der Waals surface area contributed by atoms with Crippen LogP contribution in [0.5, 0.6) is 0 Å². The van der Waals surface area contributed by atoms with Gasteiger partial charge in [-0.1, -0.05) is 25.1 Å². The topological polar surface area (TPSA) is 140 Å². The van der Waals surface area contributed by atoms with Gasteiger partial charge < -0.3 is 15.8 Å². The summed E-state index contributed by atoms with van der Waals surface area (Å²) in [6.07, 6.45) is 0.690. The van der Waals surface area contributed by atoms with Crippen LogP contribution in [0.3, 0.4) is 0 Å². The summed E-state index contributed by atoms with van der Waals surface area (Å²) in [5.74, 6) is -1.06. The first-order valence-corrected chi connectivity index (χ1v) is 10.0. The first-order chi connectivity index (χ1) is 14.8. The number of benzene rings is 1. The molecule has 1 heterocycles. The number of nitrogens with one attached hydrogen (secondary N) is 2. The minimum absolute atomic E-state index is 0.0901. The van der Waals surface area contributed by atoms with Crippen LogP contribution in [0.1, 0.15) is 30.6 Å². The number of rotatable bonds is 11. The van der Waals surface area contributed by atoms with Crippen LogP contribution in [0, 0.1) is 0 Å². The second kappa shape index (κ2) is 11.2. The normalized spacial score (nSPS) is 12.0. The van der Waals surface area contributed by atoms with Gasteiger partial charge in [0.25, 0.3) is 5.56 Å².